The Morgan fingerprint density at radius 3 is 1.91 bits per heavy atom. The zero-order chi connectivity index (χ0) is 17.8. The van der Waals surface area contributed by atoms with Crippen LogP contribution < -0.4 is 0 Å². The van der Waals surface area contributed by atoms with Crippen LogP contribution in [-0.4, -0.2) is 29.2 Å². The van der Waals surface area contributed by atoms with Crippen LogP contribution in [0.2, 0.25) is 0 Å². The number of ether oxygens (including phenoxy) is 1. The molecule has 0 heterocycles. The molecule has 1 atom stereocenters. The molecule has 0 aliphatic heterocycles. The van der Waals surface area contributed by atoms with E-state index in [-0.39, 0.29) is 18.0 Å². The number of esters is 1. The fraction of sp³-hybridized carbons (Fsp3) is 0.947. The van der Waals surface area contributed by atoms with Crippen LogP contribution >= 0.6 is 11.6 Å². The van der Waals surface area contributed by atoms with Gasteiger partial charge in [-0.3, -0.25) is 4.79 Å². The Morgan fingerprint density at radius 2 is 1.43 bits per heavy atom. The van der Waals surface area contributed by atoms with E-state index in [1.807, 2.05) is 20.8 Å². The molecule has 23 heavy (non-hydrogen) atoms. The van der Waals surface area contributed by atoms with Crippen molar-refractivity contribution in [2.45, 2.75) is 97.5 Å². The second-order valence-electron chi connectivity index (χ2n) is 7.97. The summed E-state index contributed by atoms with van der Waals surface area (Å²) in [6.07, 6.45) is 10.5. The number of hydrogen-bond donors (Lipinski definition) is 1. The van der Waals surface area contributed by atoms with Gasteiger partial charge in [-0.15, -0.1) is 11.6 Å². The van der Waals surface area contributed by atoms with Crippen LogP contribution in [-0.2, 0) is 9.53 Å². The number of hydrogen-bond acceptors (Lipinski definition) is 3. The molecule has 0 radical (unpaired) electrons. The fourth-order valence-corrected chi connectivity index (χ4v) is 2.80. The first-order valence-electron chi connectivity index (χ1n) is 9.11. The number of alkyl halides is 1. The summed E-state index contributed by atoms with van der Waals surface area (Å²) < 4.78 is 5.34. The molecule has 4 heteroatoms. The molecule has 0 aromatic rings. The molecule has 0 rings (SSSR count). The minimum Gasteiger partial charge on any atom is -0.460 e. The normalized spacial score (nSPS) is 14.5. The molecule has 0 bridgehead atoms. The molecule has 0 aliphatic rings. The van der Waals surface area contributed by atoms with E-state index in [1.54, 1.807) is 0 Å². The molecule has 0 saturated carbocycles. The monoisotopic (exact) mass is 348 g/mol. The van der Waals surface area contributed by atoms with Gasteiger partial charge in [-0.1, -0.05) is 45.4 Å². The second-order valence-corrected chi connectivity index (χ2v) is 8.35. The fourth-order valence-electron chi connectivity index (χ4n) is 2.61. The van der Waals surface area contributed by atoms with Crippen molar-refractivity contribution in [3.63, 3.8) is 0 Å². The van der Waals surface area contributed by atoms with Gasteiger partial charge in [0.2, 0.25) is 0 Å². The highest BCUT2D eigenvalue weighted by Crippen LogP contribution is 2.30. The van der Waals surface area contributed by atoms with Crippen LogP contribution in [0.15, 0.2) is 0 Å². The first kappa shape index (κ1) is 22.7. The Labute approximate surface area is 148 Å². The van der Waals surface area contributed by atoms with Crippen molar-refractivity contribution < 1.29 is 14.6 Å². The highest BCUT2D eigenvalue weighted by atomic mass is 35.5. The highest BCUT2D eigenvalue weighted by Gasteiger charge is 2.25. The van der Waals surface area contributed by atoms with Gasteiger partial charge in [-0.05, 0) is 45.4 Å². The average molecular weight is 349 g/mol. The lowest BCUT2D eigenvalue weighted by Crippen LogP contribution is -2.27. The van der Waals surface area contributed by atoms with Crippen molar-refractivity contribution >= 4 is 17.6 Å². The Morgan fingerprint density at radius 1 is 0.913 bits per heavy atom. The number of carbonyl (C=O) groups is 1. The third-order valence-corrected chi connectivity index (χ3v) is 4.42. The summed E-state index contributed by atoms with van der Waals surface area (Å²) >= 11 is 5.66. The molecule has 0 fully saturated rings. The molecular formula is C19H37ClO3. The summed E-state index contributed by atoms with van der Waals surface area (Å²) in [5.41, 5.74) is -0.605. The maximum absolute atomic E-state index is 11.8. The van der Waals surface area contributed by atoms with Crippen LogP contribution in [0.5, 0.6) is 0 Å². The Balaban J connectivity index is 3.86. The lowest BCUT2D eigenvalue weighted by molar-refractivity contribution is -0.155. The number of halogens is 1. The molecule has 0 amide bonds. The summed E-state index contributed by atoms with van der Waals surface area (Å²) in [5, 5.41) is 9.67. The topological polar surface area (TPSA) is 46.5 Å². The molecular weight excluding hydrogens is 312 g/mol. The van der Waals surface area contributed by atoms with Crippen LogP contribution in [0, 0.1) is 5.41 Å². The number of carbonyl (C=O) groups excluding carboxylic acids is 1. The molecule has 0 aromatic heterocycles. The van der Waals surface area contributed by atoms with Crippen LogP contribution in [0.25, 0.3) is 0 Å². The smallest absolute Gasteiger partial charge is 0.306 e. The van der Waals surface area contributed by atoms with Gasteiger partial charge in [-0.2, -0.15) is 0 Å². The summed E-state index contributed by atoms with van der Waals surface area (Å²) in [6.45, 7) is 7.83. The van der Waals surface area contributed by atoms with Gasteiger partial charge < -0.3 is 9.84 Å². The predicted octanol–water partition coefficient (Wildman–Crippen LogP) is 5.47. The van der Waals surface area contributed by atoms with E-state index in [9.17, 15) is 9.90 Å². The van der Waals surface area contributed by atoms with Gasteiger partial charge in [0, 0.05) is 18.9 Å². The number of aliphatic hydroxyl groups excluding tert-OH is 1. The Bertz CT molecular complexity index is 312. The van der Waals surface area contributed by atoms with Crippen LogP contribution in [0.3, 0.4) is 0 Å². The summed E-state index contributed by atoms with van der Waals surface area (Å²) in [7, 11) is 0. The number of aliphatic hydroxyl groups is 1. The van der Waals surface area contributed by atoms with Gasteiger partial charge in [0.25, 0.3) is 0 Å². The predicted molar refractivity (Wildman–Crippen MR) is 97.9 cm³/mol. The van der Waals surface area contributed by atoms with E-state index < -0.39 is 5.60 Å². The van der Waals surface area contributed by atoms with Crippen molar-refractivity contribution in [1.29, 1.82) is 0 Å². The third-order valence-electron chi connectivity index (χ3n) is 4.15. The summed E-state index contributed by atoms with van der Waals surface area (Å²) in [4.78, 5) is 11.8. The van der Waals surface area contributed by atoms with E-state index in [1.165, 1.54) is 32.1 Å². The number of rotatable bonds is 13. The van der Waals surface area contributed by atoms with Crippen molar-refractivity contribution in [3.05, 3.63) is 0 Å². The van der Waals surface area contributed by atoms with Gasteiger partial charge in [0.1, 0.15) is 5.60 Å². The molecule has 0 aliphatic carbocycles. The SMILES string of the molecule is CC(CO)(CCCCCCCCCCl)CCC(=O)OC(C)(C)C. The minimum atomic E-state index is -0.434. The minimum absolute atomic E-state index is 0.130. The molecule has 0 aromatic carbocycles. The standard InChI is InChI=1S/C19H37ClO3/c1-18(2,3)23-17(22)12-14-19(4,16-21)13-10-8-6-5-7-9-11-15-20/h21H,5-16H2,1-4H3. The Kier molecular flexibility index (Phi) is 12.0. The maximum atomic E-state index is 11.8. The second kappa shape index (κ2) is 12.1. The van der Waals surface area contributed by atoms with Gasteiger partial charge in [0.05, 0.1) is 0 Å². The van der Waals surface area contributed by atoms with Crippen molar-refractivity contribution in [2.24, 2.45) is 5.41 Å². The van der Waals surface area contributed by atoms with E-state index >= 15 is 0 Å². The molecule has 0 saturated heterocycles. The van der Waals surface area contributed by atoms with E-state index in [4.69, 9.17) is 16.3 Å². The molecule has 0 spiro atoms. The summed E-state index contributed by atoms with van der Waals surface area (Å²) in [6, 6.07) is 0. The third kappa shape index (κ3) is 13.8. The van der Waals surface area contributed by atoms with E-state index in [0.717, 1.165) is 25.1 Å². The van der Waals surface area contributed by atoms with Crippen LogP contribution in [0.1, 0.15) is 91.9 Å². The Hall–Kier alpha value is -0.280. The van der Waals surface area contributed by atoms with Crippen molar-refractivity contribution in [1.82, 2.24) is 0 Å². The molecule has 1 N–H and O–H groups in total. The molecule has 1 unspecified atom stereocenters. The molecule has 138 valence electrons. The highest BCUT2D eigenvalue weighted by molar-refractivity contribution is 6.17. The van der Waals surface area contributed by atoms with Crippen molar-refractivity contribution in [3.8, 4) is 0 Å². The zero-order valence-electron chi connectivity index (χ0n) is 15.6. The van der Waals surface area contributed by atoms with E-state index in [0.29, 0.717) is 12.8 Å². The lowest BCUT2D eigenvalue weighted by atomic mass is 9.81. The maximum Gasteiger partial charge on any atom is 0.306 e. The van der Waals surface area contributed by atoms with Gasteiger partial charge in [0.15, 0.2) is 0 Å². The largest absolute Gasteiger partial charge is 0.460 e. The lowest BCUT2D eigenvalue weighted by Gasteiger charge is -2.28. The first-order chi connectivity index (χ1) is 10.7. The average Bonchev–Trinajstić information content (AvgIpc) is 2.46. The quantitative estimate of drug-likeness (QED) is 0.273. The first-order valence-corrected chi connectivity index (χ1v) is 9.64. The van der Waals surface area contributed by atoms with Crippen LogP contribution in [0.4, 0.5) is 0 Å². The summed E-state index contributed by atoms with van der Waals surface area (Å²) in [5.74, 6) is 0.600. The van der Waals surface area contributed by atoms with Gasteiger partial charge >= 0.3 is 5.97 Å². The number of unbranched alkanes of at least 4 members (excludes halogenated alkanes) is 6. The van der Waals surface area contributed by atoms with Gasteiger partial charge in [-0.25, -0.2) is 0 Å². The van der Waals surface area contributed by atoms with E-state index in [2.05, 4.69) is 6.92 Å². The molecule has 3 nitrogen and oxygen atoms in total. The van der Waals surface area contributed by atoms with Crippen molar-refractivity contribution in [2.75, 3.05) is 12.5 Å². The zero-order valence-corrected chi connectivity index (χ0v) is 16.4.